The zero-order valence-electron chi connectivity index (χ0n) is 13.3. The van der Waals surface area contributed by atoms with Gasteiger partial charge in [-0.3, -0.25) is 9.36 Å². The first-order chi connectivity index (χ1) is 11.0. The zero-order chi connectivity index (χ0) is 16.6. The second kappa shape index (κ2) is 6.05. The summed E-state index contributed by atoms with van der Waals surface area (Å²) in [5.41, 5.74) is 0.932. The Labute approximate surface area is 138 Å². The molecule has 1 aliphatic rings. The Bertz CT molecular complexity index is 835. The number of hydrogen-bond acceptors (Lipinski definition) is 6. The van der Waals surface area contributed by atoms with Crippen LogP contribution in [0.15, 0.2) is 28.3 Å². The lowest BCUT2D eigenvalue weighted by Gasteiger charge is -2.22. The summed E-state index contributed by atoms with van der Waals surface area (Å²) >= 11 is 1.56. The summed E-state index contributed by atoms with van der Waals surface area (Å²) in [6, 6.07) is 5.72. The van der Waals surface area contributed by atoms with Crippen molar-refractivity contribution < 1.29 is 0 Å². The molecule has 23 heavy (non-hydrogen) atoms. The number of hydrogen-bond donors (Lipinski definition) is 0. The van der Waals surface area contributed by atoms with E-state index < -0.39 is 0 Å². The van der Waals surface area contributed by atoms with Gasteiger partial charge >= 0.3 is 0 Å². The summed E-state index contributed by atoms with van der Waals surface area (Å²) in [7, 11) is 3.81. The van der Waals surface area contributed by atoms with Crippen LogP contribution in [0.1, 0.15) is 12.5 Å². The molecule has 3 heterocycles. The second-order valence-corrected chi connectivity index (χ2v) is 6.85. The minimum atomic E-state index is -0.261. The highest BCUT2D eigenvalue weighted by molar-refractivity contribution is 7.99. The van der Waals surface area contributed by atoms with E-state index in [4.69, 9.17) is 0 Å². The number of thioether (sulfide) groups is 1. The summed E-state index contributed by atoms with van der Waals surface area (Å²) < 4.78 is 1.61. The van der Waals surface area contributed by atoms with Crippen molar-refractivity contribution in [3.63, 3.8) is 0 Å². The SMILES string of the molecule is CC1CSc2nc(-c3ccc(N(C)C)nc3)c(C#N)c(=O)n2C1. The van der Waals surface area contributed by atoms with E-state index in [0.717, 1.165) is 11.6 Å². The van der Waals surface area contributed by atoms with Crippen LogP contribution < -0.4 is 10.5 Å². The van der Waals surface area contributed by atoms with Gasteiger partial charge in [-0.25, -0.2) is 9.97 Å². The van der Waals surface area contributed by atoms with Crippen molar-refractivity contribution in [2.75, 3.05) is 24.7 Å². The molecule has 3 rings (SSSR count). The molecule has 118 valence electrons. The van der Waals surface area contributed by atoms with Gasteiger partial charge in [-0.15, -0.1) is 0 Å². The van der Waals surface area contributed by atoms with Crippen molar-refractivity contribution >= 4 is 17.6 Å². The van der Waals surface area contributed by atoms with Gasteiger partial charge in [0.05, 0.1) is 5.69 Å². The molecule has 2 aromatic rings. The minimum absolute atomic E-state index is 0.0860. The molecular weight excluding hydrogens is 310 g/mol. The highest BCUT2D eigenvalue weighted by Crippen LogP contribution is 2.28. The maximum Gasteiger partial charge on any atom is 0.272 e. The first kappa shape index (κ1) is 15.6. The monoisotopic (exact) mass is 327 g/mol. The van der Waals surface area contributed by atoms with E-state index >= 15 is 0 Å². The molecule has 1 unspecified atom stereocenters. The van der Waals surface area contributed by atoms with Gasteiger partial charge in [0, 0.05) is 38.2 Å². The Balaban J connectivity index is 2.15. The lowest BCUT2D eigenvalue weighted by molar-refractivity contribution is 0.460. The highest BCUT2D eigenvalue weighted by atomic mass is 32.2. The molecule has 2 aromatic heterocycles. The molecule has 0 bridgehead atoms. The van der Waals surface area contributed by atoms with Crippen LogP contribution in [-0.2, 0) is 6.54 Å². The Morgan fingerprint density at radius 3 is 2.83 bits per heavy atom. The van der Waals surface area contributed by atoms with Crippen molar-refractivity contribution in [1.29, 1.82) is 5.26 Å². The third kappa shape index (κ3) is 2.82. The van der Waals surface area contributed by atoms with Crippen molar-refractivity contribution in [3.05, 3.63) is 34.2 Å². The van der Waals surface area contributed by atoms with Crippen molar-refractivity contribution in [3.8, 4) is 17.3 Å². The molecule has 6 nitrogen and oxygen atoms in total. The predicted molar refractivity (Wildman–Crippen MR) is 90.7 cm³/mol. The number of anilines is 1. The number of nitrogens with zero attached hydrogens (tertiary/aromatic N) is 5. The molecule has 0 aliphatic carbocycles. The first-order valence-electron chi connectivity index (χ1n) is 7.32. The van der Waals surface area contributed by atoms with Gasteiger partial charge in [-0.1, -0.05) is 18.7 Å². The first-order valence-corrected chi connectivity index (χ1v) is 8.31. The maximum atomic E-state index is 12.6. The van der Waals surface area contributed by atoms with Crippen molar-refractivity contribution in [2.24, 2.45) is 5.92 Å². The van der Waals surface area contributed by atoms with Gasteiger partial charge in [0.2, 0.25) is 0 Å². The normalized spacial score (nSPS) is 16.5. The number of rotatable bonds is 2. The number of pyridine rings is 1. The fraction of sp³-hybridized carbons (Fsp3) is 0.375. The number of fused-ring (bicyclic) bond motifs is 1. The standard InChI is InChI=1S/C16H17N5OS/c1-10-8-21-15(22)12(6-17)14(19-16(21)23-9-10)11-4-5-13(18-7-11)20(2)3/h4-5,7,10H,8-9H2,1-3H3. The van der Waals surface area contributed by atoms with Crippen LogP contribution in [-0.4, -0.2) is 34.4 Å². The third-order valence-electron chi connectivity index (χ3n) is 3.72. The average molecular weight is 327 g/mol. The van der Waals surface area contributed by atoms with Crippen LogP contribution in [0.3, 0.4) is 0 Å². The molecule has 1 atom stereocenters. The largest absolute Gasteiger partial charge is 0.363 e. The van der Waals surface area contributed by atoms with E-state index in [1.54, 1.807) is 22.5 Å². The van der Waals surface area contributed by atoms with E-state index in [0.29, 0.717) is 28.9 Å². The van der Waals surface area contributed by atoms with E-state index in [2.05, 4.69) is 16.9 Å². The van der Waals surface area contributed by atoms with Crippen LogP contribution >= 0.6 is 11.8 Å². The molecule has 0 N–H and O–H groups in total. The summed E-state index contributed by atoms with van der Waals surface area (Å²) in [5.74, 6) is 2.13. The van der Waals surface area contributed by atoms with Gasteiger partial charge in [0.15, 0.2) is 5.16 Å². The van der Waals surface area contributed by atoms with Crippen LogP contribution in [0.4, 0.5) is 5.82 Å². The van der Waals surface area contributed by atoms with Crippen LogP contribution in [0.2, 0.25) is 0 Å². The van der Waals surface area contributed by atoms with Gasteiger partial charge in [0.1, 0.15) is 17.5 Å². The average Bonchev–Trinajstić information content (AvgIpc) is 2.55. The Kier molecular flexibility index (Phi) is 4.09. The third-order valence-corrected chi connectivity index (χ3v) is 5.02. The Hall–Kier alpha value is -2.33. The molecule has 0 saturated carbocycles. The summed E-state index contributed by atoms with van der Waals surface area (Å²) in [5, 5.41) is 10.1. The summed E-state index contributed by atoms with van der Waals surface area (Å²) in [6.07, 6.45) is 1.66. The fourth-order valence-corrected chi connectivity index (χ4v) is 3.50. The van der Waals surface area contributed by atoms with Gasteiger partial charge in [-0.05, 0) is 18.1 Å². The predicted octanol–water partition coefficient (Wildman–Crippen LogP) is 1.98. The van der Waals surface area contributed by atoms with Crippen molar-refractivity contribution in [1.82, 2.24) is 14.5 Å². The fourth-order valence-electron chi connectivity index (χ4n) is 2.49. The molecule has 0 radical (unpaired) electrons. The molecular formula is C16H17N5OS. The minimum Gasteiger partial charge on any atom is -0.363 e. The smallest absolute Gasteiger partial charge is 0.272 e. The van der Waals surface area contributed by atoms with Crippen LogP contribution in [0.25, 0.3) is 11.3 Å². The van der Waals surface area contributed by atoms with Crippen molar-refractivity contribution in [2.45, 2.75) is 18.6 Å². The molecule has 0 saturated heterocycles. The molecule has 0 spiro atoms. The molecule has 7 heteroatoms. The lowest BCUT2D eigenvalue weighted by atomic mass is 10.1. The van der Waals surface area contributed by atoms with Crippen LogP contribution in [0, 0.1) is 17.2 Å². The molecule has 0 aromatic carbocycles. The Morgan fingerprint density at radius 1 is 1.43 bits per heavy atom. The quantitative estimate of drug-likeness (QED) is 0.785. The topological polar surface area (TPSA) is 74.8 Å². The zero-order valence-corrected chi connectivity index (χ0v) is 14.1. The molecule has 0 amide bonds. The summed E-state index contributed by atoms with van der Waals surface area (Å²) in [6.45, 7) is 2.70. The molecule has 1 aliphatic heterocycles. The highest BCUT2D eigenvalue weighted by Gasteiger charge is 2.23. The lowest BCUT2D eigenvalue weighted by Crippen LogP contribution is -2.32. The number of nitriles is 1. The Morgan fingerprint density at radius 2 is 2.22 bits per heavy atom. The van der Waals surface area contributed by atoms with Crippen LogP contribution in [0.5, 0.6) is 0 Å². The number of aromatic nitrogens is 3. The van der Waals surface area contributed by atoms with E-state index in [1.807, 2.05) is 37.2 Å². The second-order valence-electron chi connectivity index (χ2n) is 5.86. The maximum absolute atomic E-state index is 12.6. The summed E-state index contributed by atoms with van der Waals surface area (Å²) in [4.78, 5) is 23.4. The van der Waals surface area contributed by atoms with E-state index in [9.17, 15) is 10.1 Å². The van der Waals surface area contributed by atoms with E-state index in [-0.39, 0.29) is 11.1 Å². The van der Waals surface area contributed by atoms with Gasteiger partial charge in [-0.2, -0.15) is 5.26 Å². The van der Waals surface area contributed by atoms with Gasteiger partial charge in [0.25, 0.3) is 5.56 Å². The van der Waals surface area contributed by atoms with E-state index in [1.165, 1.54) is 0 Å². The molecule has 0 fully saturated rings. The van der Waals surface area contributed by atoms with Gasteiger partial charge < -0.3 is 4.90 Å².